The molecule has 0 atom stereocenters. The van der Waals surface area contributed by atoms with Crippen LogP contribution in [0, 0.1) is 0 Å². The van der Waals surface area contributed by atoms with Gasteiger partial charge < -0.3 is 5.73 Å². The molecule has 60 valence electrons. The average Bonchev–Trinajstić information content (AvgIpc) is 1.81. The van der Waals surface area contributed by atoms with Gasteiger partial charge in [0.1, 0.15) is 0 Å². The molecule has 1 rings (SSSR count). The summed E-state index contributed by atoms with van der Waals surface area (Å²) in [6.07, 6.45) is 1.19. The zero-order valence-corrected chi connectivity index (χ0v) is 8.22. The Labute approximate surface area is 74.1 Å². The fourth-order valence-electron chi connectivity index (χ4n) is 0.923. The summed E-state index contributed by atoms with van der Waals surface area (Å²) < 4.78 is 24.2. The van der Waals surface area contributed by atoms with Gasteiger partial charge in [0, 0.05) is 28.9 Å². The lowest BCUT2D eigenvalue weighted by molar-refractivity contribution is 0.408. The van der Waals surface area contributed by atoms with Crippen LogP contribution in [0.15, 0.2) is 0 Å². The number of hydrogen-bond donors (Lipinski definition) is 2. The highest BCUT2D eigenvalue weighted by Crippen LogP contribution is 2.24. The van der Waals surface area contributed by atoms with E-state index in [9.17, 15) is 8.42 Å². The van der Waals surface area contributed by atoms with Crippen molar-refractivity contribution in [3.63, 3.8) is 0 Å². The van der Waals surface area contributed by atoms with Crippen molar-refractivity contribution in [2.45, 2.75) is 24.1 Å². The van der Waals surface area contributed by atoms with E-state index in [1.54, 1.807) is 22.9 Å². The summed E-state index contributed by atoms with van der Waals surface area (Å²) in [5, 5.41) is -0.251. The van der Waals surface area contributed by atoms with Crippen LogP contribution >= 0.6 is 22.9 Å². The van der Waals surface area contributed by atoms with E-state index >= 15 is 0 Å². The van der Waals surface area contributed by atoms with Gasteiger partial charge in [-0.15, -0.1) is 0 Å². The lowest BCUT2D eigenvalue weighted by Crippen LogP contribution is -2.46. The third kappa shape index (κ3) is 1.60. The summed E-state index contributed by atoms with van der Waals surface area (Å²) in [5.41, 5.74) is 5.43. The predicted octanol–water partition coefficient (Wildman–Crippen LogP) is -0.255. The molecule has 4 nitrogen and oxygen atoms in total. The number of nitrogens with two attached hydrogens (primary N) is 1. The second-order valence-electron chi connectivity index (χ2n) is 2.48. The van der Waals surface area contributed by atoms with Gasteiger partial charge in [-0.2, -0.15) is 2.94 Å². The van der Waals surface area contributed by atoms with Crippen molar-refractivity contribution in [3.8, 4) is 0 Å². The van der Waals surface area contributed by atoms with Gasteiger partial charge >= 0.3 is 0 Å². The van der Waals surface area contributed by atoms with Crippen LogP contribution in [0.4, 0.5) is 0 Å². The lowest BCUT2D eigenvalue weighted by Gasteiger charge is -2.30. The summed E-state index contributed by atoms with van der Waals surface area (Å²) in [4.78, 5) is 0. The standard InChI is InChI=1S/C4H9IN2O2S/c5-7-10(8,9)4-1-3(6)2-4/h3-4,7H,1-2,6H2. The molecule has 10 heavy (non-hydrogen) atoms. The molecular formula is C4H9IN2O2S. The maximum Gasteiger partial charge on any atom is 0.223 e. The monoisotopic (exact) mass is 276 g/mol. The first kappa shape index (κ1) is 8.69. The second kappa shape index (κ2) is 2.92. The number of rotatable bonds is 2. The Bertz CT molecular complexity index is 209. The van der Waals surface area contributed by atoms with E-state index in [0.29, 0.717) is 12.8 Å². The first-order valence-electron chi connectivity index (χ1n) is 2.93. The largest absolute Gasteiger partial charge is 0.328 e. The first-order valence-corrected chi connectivity index (χ1v) is 5.55. The highest BCUT2D eigenvalue weighted by atomic mass is 127. The molecule has 1 aliphatic carbocycles. The third-order valence-electron chi connectivity index (χ3n) is 1.68. The fourth-order valence-corrected chi connectivity index (χ4v) is 3.13. The van der Waals surface area contributed by atoms with E-state index in [0.717, 1.165) is 0 Å². The van der Waals surface area contributed by atoms with E-state index in [1.807, 2.05) is 0 Å². The third-order valence-corrected chi connectivity index (χ3v) is 5.00. The molecule has 0 saturated heterocycles. The van der Waals surface area contributed by atoms with Crippen molar-refractivity contribution in [2.24, 2.45) is 5.73 Å². The molecule has 0 amide bonds. The van der Waals surface area contributed by atoms with Crippen molar-refractivity contribution in [1.82, 2.24) is 2.94 Å². The van der Waals surface area contributed by atoms with Crippen LogP contribution in [0.25, 0.3) is 0 Å². The fraction of sp³-hybridized carbons (Fsp3) is 1.00. The van der Waals surface area contributed by atoms with Crippen molar-refractivity contribution >= 4 is 32.9 Å². The molecule has 6 heteroatoms. The molecule has 0 unspecified atom stereocenters. The van der Waals surface area contributed by atoms with E-state index in [-0.39, 0.29) is 11.3 Å². The molecule has 1 saturated carbocycles. The van der Waals surface area contributed by atoms with Gasteiger partial charge in [0.15, 0.2) is 0 Å². The van der Waals surface area contributed by atoms with Gasteiger partial charge in [0.25, 0.3) is 0 Å². The zero-order chi connectivity index (χ0) is 7.78. The Morgan fingerprint density at radius 1 is 1.50 bits per heavy atom. The number of nitrogens with one attached hydrogen (secondary N) is 1. The minimum Gasteiger partial charge on any atom is -0.328 e. The van der Waals surface area contributed by atoms with Gasteiger partial charge in [-0.3, -0.25) is 0 Å². The van der Waals surface area contributed by atoms with Gasteiger partial charge in [-0.05, 0) is 12.8 Å². The van der Waals surface area contributed by atoms with Gasteiger partial charge in [0.2, 0.25) is 10.0 Å². The first-order chi connectivity index (χ1) is 4.56. The van der Waals surface area contributed by atoms with Crippen LogP contribution in [-0.4, -0.2) is 19.7 Å². The molecular weight excluding hydrogens is 267 g/mol. The number of sulfonamides is 1. The van der Waals surface area contributed by atoms with Crippen LogP contribution in [0.1, 0.15) is 12.8 Å². The smallest absolute Gasteiger partial charge is 0.223 e. The topological polar surface area (TPSA) is 72.2 Å². The summed E-state index contributed by atoms with van der Waals surface area (Å²) in [6, 6.07) is 0.0875. The summed E-state index contributed by atoms with van der Waals surface area (Å²) in [6.45, 7) is 0. The predicted molar refractivity (Wildman–Crippen MR) is 47.1 cm³/mol. The molecule has 0 bridgehead atoms. The molecule has 3 N–H and O–H groups in total. The van der Waals surface area contributed by atoms with Crippen LogP contribution in [-0.2, 0) is 10.0 Å². The van der Waals surface area contributed by atoms with E-state index in [2.05, 4.69) is 2.94 Å². The summed E-state index contributed by atoms with van der Waals surface area (Å²) >= 11 is 1.63. The minimum absolute atomic E-state index is 0.0875. The molecule has 0 aromatic heterocycles. The number of halogens is 1. The van der Waals surface area contributed by atoms with E-state index in [1.165, 1.54) is 0 Å². The Morgan fingerprint density at radius 3 is 2.30 bits per heavy atom. The Kier molecular flexibility index (Phi) is 2.54. The van der Waals surface area contributed by atoms with Gasteiger partial charge in [-0.25, -0.2) is 8.42 Å². The molecule has 0 spiro atoms. The zero-order valence-electron chi connectivity index (χ0n) is 5.25. The van der Waals surface area contributed by atoms with Crippen LogP contribution < -0.4 is 8.67 Å². The lowest BCUT2D eigenvalue weighted by atomic mass is 9.94. The van der Waals surface area contributed by atoms with E-state index in [4.69, 9.17) is 5.73 Å². The molecule has 0 aromatic carbocycles. The van der Waals surface area contributed by atoms with Crippen LogP contribution in [0.2, 0.25) is 0 Å². The molecule has 0 heterocycles. The molecule has 0 radical (unpaired) electrons. The molecule has 0 aromatic rings. The Hall–Kier alpha value is 0.600. The number of hydrogen-bond acceptors (Lipinski definition) is 3. The van der Waals surface area contributed by atoms with Crippen molar-refractivity contribution in [2.75, 3.05) is 0 Å². The normalized spacial score (nSPS) is 33.4. The summed E-state index contributed by atoms with van der Waals surface area (Å²) in [5.74, 6) is 0. The van der Waals surface area contributed by atoms with Gasteiger partial charge in [0.05, 0.1) is 5.25 Å². The average molecular weight is 276 g/mol. The molecule has 0 aliphatic heterocycles. The van der Waals surface area contributed by atoms with Crippen LogP contribution in [0.3, 0.4) is 0 Å². The van der Waals surface area contributed by atoms with Gasteiger partial charge in [-0.1, -0.05) is 0 Å². The van der Waals surface area contributed by atoms with E-state index < -0.39 is 10.0 Å². The van der Waals surface area contributed by atoms with Crippen molar-refractivity contribution in [1.29, 1.82) is 0 Å². The second-order valence-corrected chi connectivity index (χ2v) is 5.71. The Balaban J connectivity index is 2.53. The SMILES string of the molecule is NC1CC(S(=O)(=O)NI)C1. The highest BCUT2D eigenvalue weighted by Gasteiger charge is 2.36. The summed E-state index contributed by atoms with van der Waals surface area (Å²) in [7, 11) is -3.04. The maximum absolute atomic E-state index is 11.0. The molecule has 1 fully saturated rings. The maximum atomic E-state index is 11.0. The van der Waals surface area contributed by atoms with Crippen molar-refractivity contribution < 1.29 is 8.42 Å². The van der Waals surface area contributed by atoms with Crippen molar-refractivity contribution in [3.05, 3.63) is 0 Å². The Morgan fingerprint density at radius 2 is 2.00 bits per heavy atom. The van der Waals surface area contributed by atoms with Crippen LogP contribution in [0.5, 0.6) is 0 Å². The minimum atomic E-state index is -3.04. The quantitative estimate of drug-likeness (QED) is 0.539. The molecule has 1 aliphatic rings. The highest BCUT2D eigenvalue weighted by molar-refractivity contribution is 14.1.